The first-order valence-electron chi connectivity index (χ1n) is 9.08. The van der Waals surface area contributed by atoms with Crippen molar-refractivity contribution in [3.8, 4) is 0 Å². The van der Waals surface area contributed by atoms with Gasteiger partial charge in [-0.05, 0) is 48.7 Å². The van der Waals surface area contributed by atoms with Crippen LogP contribution in [0.1, 0.15) is 32.0 Å². The van der Waals surface area contributed by atoms with Gasteiger partial charge in [-0.25, -0.2) is 12.4 Å². The molecule has 4 rings (SSSR count). The van der Waals surface area contributed by atoms with Crippen molar-refractivity contribution in [2.75, 3.05) is 11.9 Å². The average Bonchev–Trinajstić information content (AvgIpc) is 3.08. The number of benzene rings is 2. The number of carbonyl (C=O) groups excluding carboxylic acids is 2. The van der Waals surface area contributed by atoms with Gasteiger partial charge >= 0.3 is 0 Å². The molecule has 0 saturated carbocycles. The Hall–Kier alpha value is -3.39. The second-order valence-corrected chi connectivity index (χ2v) is 8.64. The van der Waals surface area contributed by atoms with E-state index in [0.29, 0.717) is 18.5 Å². The Balaban J connectivity index is 1.58. The number of aromatic nitrogens is 1. The number of hydrogen-bond donors (Lipinski definition) is 2. The summed E-state index contributed by atoms with van der Waals surface area (Å²) in [6.45, 7) is 2.16. The first-order valence-corrected chi connectivity index (χ1v) is 10.5. The number of aryl methyl sites for hydroxylation is 1. The second-order valence-electron chi connectivity index (χ2n) is 6.86. The highest BCUT2D eigenvalue weighted by molar-refractivity contribution is 7.90. The molecule has 2 amide bonds. The molecule has 0 unspecified atom stereocenters. The van der Waals surface area contributed by atoms with Gasteiger partial charge in [-0.2, -0.15) is 0 Å². The van der Waals surface area contributed by atoms with Crippen molar-refractivity contribution in [1.29, 1.82) is 0 Å². The number of hydrogen-bond acceptors (Lipinski definition) is 4. The maximum atomic E-state index is 13.0. The van der Waals surface area contributed by atoms with Gasteiger partial charge in [0.1, 0.15) is 10.6 Å². The molecule has 3 aromatic rings. The predicted molar refractivity (Wildman–Crippen MR) is 109 cm³/mol. The van der Waals surface area contributed by atoms with Crippen LogP contribution in [-0.2, 0) is 16.4 Å². The SMILES string of the molecule is Cc1cc2n(c1)S(=O)(=O)c1ccc(C(=O)NCCc3ccccc3)cc1NC2=O. The minimum Gasteiger partial charge on any atom is -0.352 e. The summed E-state index contributed by atoms with van der Waals surface area (Å²) in [5.74, 6) is -0.878. The first-order chi connectivity index (χ1) is 13.9. The fourth-order valence-electron chi connectivity index (χ4n) is 3.29. The summed E-state index contributed by atoms with van der Waals surface area (Å²) >= 11 is 0. The molecule has 0 saturated heterocycles. The molecule has 1 aliphatic rings. The van der Waals surface area contributed by atoms with Gasteiger partial charge in [0.05, 0.1) is 5.69 Å². The van der Waals surface area contributed by atoms with Crippen LogP contribution in [0.25, 0.3) is 0 Å². The van der Waals surface area contributed by atoms with Gasteiger partial charge in [-0.3, -0.25) is 9.59 Å². The zero-order chi connectivity index (χ0) is 20.6. The molecule has 1 aliphatic heterocycles. The highest BCUT2D eigenvalue weighted by Gasteiger charge is 2.31. The highest BCUT2D eigenvalue weighted by atomic mass is 32.2. The molecule has 8 heteroatoms. The lowest BCUT2D eigenvalue weighted by Gasteiger charge is -2.10. The minimum absolute atomic E-state index is 0.0348. The molecule has 2 N–H and O–H groups in total. The van der Waals surface area contributed by atoms with E-state index >= 15 is 0 Å². The molecule has 148 valence electrons. The van der Waals surface area contributed by atoms with Crippen molar-refractivity contribution >= 4 is 27.5 Å². The summed E-state index contributed by atoms with van der Waals surface area (Å²) in [7, 11) is -3.94. The van der Waals surface area contributed by atoms with E-state index in [9.17, 15) is 18.0 Å². The quantitative estimate of drug-likeness (QED) is 0.692. The molecule has 0 atom stereocenters. The summed E-state index contributed by atoms with van der Waals surface area (Å²) < 4.78 is 26.9. The first kappa shape index (κ1) is 18.9. The lowest BCUT2D eigenvalue weighted by atomic mass is 10.1. The van der Waals surface area contributed by atoms with Crippen molar-refractivity contribution in [3.05, 3.63) is 83.2 Å². The second kappa shape index (κ2) is 7.21. The number of amides is 2. The Morgan fingerprint density at radius 3 is 2.62 bits per heavy atom. The Morgan fingerprint density at radius 2 is 1.86 bits per heavy atom. The van der Waals surface area contributed by atoms with Gasteiger partial charge in [0.2, 0.25) is 0 Å². The van der Waals surface area contributed by atoms with E-state index in [2.05, 4.69) is 10.6 Å². The highest BCUT2D eigenvalue weighted by Crippen LogP contribution is 2.30. The van der Waals surface area contributed by atoms with Crippen LogP contribution in [-0.4, -0.2) is 30.7 Å². The van der Waals surface area contributed by atoms with Gasteiger partial charge in [0, 0.05) is 18.3 Å². The molecule has 0 aliphatic carbocycles. The average molecular weight is 409 g/mol. The molecule has 0 fully saturated rings. The lowest BCUT2D eigenvalue weighted by molar-refractivity contribution is 0.0952. The van der Waals surface area contributed by atoms with E-state index in [1.165, 1.54) is 30.5 Å². The smallest absolute Gasteiger partial charge is 0.273 e. The van der Waals surface area contributed by atoms with E-state index < -0.39 is 15.9 Å². The number of fused-ring (bicyclic) bond motifs is 2. The zero-order valence-electron chi connectivity index (χ0n) is 15.7. The summed E-state index contributed by atoms with van der Waals surface area (Å²) in [5, 5.41) is 5.42. The molecule has 7 nitrogen and oxygen atoms in total. The van der Waals surface area contributed by atoms with Crippen molar-refractivity contribution in [3.63, 3.8) is 0 Å². The van der Waals surface area contributed by atoms with Crippen LogP contribution in [0.15, 0.2) is 65.7 Å². The summed E-state index contributed by atoms with van der Waals surface area (Å²) in [6, 6.07) is 15.5. The van der Waals surface area contributed by atoms with E-state index in [1.54, 1.807) is 6.92 Å². The zero-order valence-corrected chi connectivity index (χ0v) is 16.5. The minimum atomic E-state index is -3.94. The van der Waals surface area contributed by atoms with E-state index in [1.807, 2.05) is 30.3 Å². The lowest BCUT2D eigenvalue weighted by Crippen LogP contribution is -2.26. The molecule has 29 heavy (non-hydrogen) atoms. The Kier molecular flexibility index (Phi) is 4.71. The van der Waals surface area contributed by atoms with Crippen molar-refractivity contribution < 1.29 is 18.0 Å². The fraction of sp³-hybridized carbons (Fsp3) is 0.143. The number of rotatable bonds is 4. The van der Waals surface area contributed by atoms with Crippen LogP contribution in [0.4, 0.5) is 5.69 Å². The Bertz CT molecular complexity index is 1210. The van der Waals surface area contributed by atoms with Gasteiger partial charge in [0.15, 0.2) is 0 Å². The normalized spacial score (nSPS) is 14.3. The molecule has 1 aromatic heterocycles. The van der Waals surface area contributed by atoms with E-state index in [-0.39, 0.29) is 27.7 Å². The largest absolute Gasteiger partial charge is 0.352 e. The van der Waals surface area contributed by atoms with Crippen LogP contribution < -0.4 is 10.6 Å². The Morgan fingerprint density at radius 1 is 1.10 bits per heavy atom. The fourth-order valence-corrected chi connectivity index (χ4v) is 4.83. The monoisotopic (exact) mass is 409 g/mol. The third-order valence-electron chi connectivity index (χ3n) is 4.72. The molecule has 2 aromatic carbocycles. The molecular formula is C21H19N3O4S. The summed E-state index contributed by atoms with van der Waals surface area (Å²) in [4.78, 5) is 24.9. The summed E-state index contributed by atoms with van der Waals surface area (Å²) in [5.41, 5.74) is 2.16. The van der Waals surface area contributed by atoms with Crippen LogP contribution >= 0.6 is 0 Å². The van der Waals surface area contributed by atoms with E-state index in [0.717, 1.165) is 9.54 Å². The predicted octanol–water partition coefficient (Wildman–Crippen LogP) is 2.57. The van der Waals surface area contributed by atoms with Gasteiger partial charge in [-0.15, -0.1) is 0 Å². The Labute approximate surface area is 168 Å². The number of carbonyl (C=O) groups is 2. The van der Waals surface area contributed by atoms with Crippen LogP contribution in [0.5, 0.6) is 0 Å². The standard InChI is InChI=1S/C21H19N3O4S/c1-14-11-18-21(26)23-17-12-16(7-8-19(17)29(27,28)24(18)13-14)20(25)22-10-9-15-5-3-2-4-6-15/h2-8,11-13H,9-10H2,1H3,(H,22,25)(H,23,26). The van der Waals surface area contributed by atoms with Gasteiger partial charge in [0.25, 0.3) is 21.8 Å². The topological polar surface area (TPSA) is 97.3 Å². The van der Waals surface area contributed by atoms with Crippen LogP contribution in [0.3, 0.4) is 0 Å². The van der Waals surface area contributed by atoms with Crippen molar-refractivity contribution in [2.24, 2.45) is 0 Å². The molecular weight excluding hydrogens is 390 g/mol. The molecule has 0 bridgehead atoms. The van der Waals surface area contributed by atoms with Crippen molar-refractivity contribution in [2.45, 2.75) is 18.2 Å². The van der Waals surface area contributed by atoms with E-state index in [4.69, 9.17) is 0 Å². The van der Waals surface area contributed by atoms with Gasteiger partial charge < -0.3 is 10.6 Å². The molecule has 2 heterocycles. The van der Waals surface area contributed by atoms with Crippen LogP contribution in [0.2, 0.25) is 0 Å². The number of nitrogens with one attached hydrogen (secondary N) is 2. The third kappa shape index (κ3) is 3.54. The van der Waals surface area contributed by atoms with Gasteiger partial charge in [-0.1, -0.05) is 30.3 Å². The van der Waals surface area contributed by atoms with Crippen molar-refractivity contribution in [1.82, 2.24) is 9.29 Å². The summed E-state index contributed by atoms with van der Waals surface area (Å²) in [6.07, 6.45) is 2.08. The van der Waals surface area contributed by atoms with Crippen LogP contribution in [0, 0.1) is 6.92 Å². The third-order valence-corrected chi connectivity index (χ3v) is 6.46. The maximum absolute atomic E-state index is 13.0. The number of anilines is 1. The molecule has 0 spiro atoms. The number of nitrogens with zero attached hydrogens (tertiary/aromatic N) is 1. The molecule has 0 radical (unpaired) electrons. The maximum Gasteiger partial charge on any atom is 0.273 e.